The molecule has 0 aliphatic rings. The van der Waals surface area contributed by atoms with Crippen LogP contribution in [-0.2, 0) is 106 Å². The van der Waals surface area contributed by atoms with Crippen molar-refractivity contribution in [1.29, 1.82) is 0 Å². The topological polar surface area (TPSA) is 639 Å². The van der Waals surface area contributed by atoms with Crippen molar-refractivity contribution >= 4 is 153 Å². The van der Waals surface area contributed by atoms with E-state index in [-0.39, 0.29) is 57.4 Å². The fourth-order valence-corrected chi connectivity index (χ4v) is 13.1. The van der Waals surface area contributed by atoms with Crippen LogP contribution in [-0.4, -0.2) is 218 Å². The molecule has 0 unspecified atom stereocenters. The number of aliphatic hydroxyl groups is 1. The molecule has 0 radical (unpaired) electrons. The van der Waals surface area contributed by atoms with E-state index < -0.39 is 227 Å². The summed E-state index contributed by atoms with van der Waals surface area (Å²) >= 11 is 9.16. The second-order valence-corrected chi connectivity index (χ2v) is 33.6. The van der Waals surface area contributed by atoms with Gasteiger partial charge in [-0.15, -0.1) is 0 Å². The molecule has 25 N–H and O–H groups in total. The number of unbranched alkanes of at least 4 members (excludes halogenated alkanes) is 1. The number of H-pyrrole nitrogens is 1. The lowest BCUT2D eigenvalue weighted by Crippen LogP contribution is -2.64. The molecule has 122 heavy (non-hydrogen) atoms. The number of thiol groups is 2. The molecule has 0 saturated carbocycles. The number of aromatic nitrogens is 1. The molecule has 0 spiro atoms. The summed E-state index contributed by atoms with van der Waals surface area (Å²) in [4.78, 5) is 249. The summed E-state index contributed by atoms with van der Waals surface area (Å²) in [7, 11) is 1.41. The Balaban J connectivity index is 1.52. The fourth-order valence-electron chi connectivity index (χ4n) is 12.7. The molecule has 0 aliphatic carbocycles. The molecule has 664 valence electrons. The second kappa shape index (κ2) is 46.4. The number of methoxy groups -OCH3 is 1. The molecule has 18 amide bonds. The van der Waals surface area contributed by atoms with E-state index in [0.717, 1.165) is 24.6 Å². The predicted molar refractivity (Wildman–Crippen MR) is 454 cm³/mol. The van der Waals surface area contributed by atoms with E-state index in [1.165, 1.54) is 61.8 Å². The monoisotopic (exact) mass is 1740 g/mol. The van der Waals surface area contributed by atoms with Crippen molar-refractivity contribution in [2.24, 2.45) is 28.7 Å². The zero-order chi connectivity index (χ0) is 91.3. The SMILES string of the molecule is COc1ccc(C[C@H](NC(=O)[C@@H](NC(=O)[C@H](CCC(N)=O)NC(=O)[C@H](Cc2c[nH]c3ccccc23)NC(=O)[C@@H](NC(=O)[C@H](CCC(N)=O)NC(=O)[C@@H](NC(C)=O)C(C)(C)S)[C@@H](C)O)C(C)(C)S)C(=O)N[C@@H](Cc2ccc3ccccc3c2)C(=O)NC(C)(C)C(=O)N[C@@H](CCCCNC(C)=O)C(=O)N[C@@H](CC(N)=O)C(=O)N[C@@H](CCC(N)=O)C(N)=O)cc1. The number of carbonyl (C=O) groups is 18. The summed E-state index contributed by atoms with van der Waals surface area (Å²) in [5.41, 5.74) is 27.1. The number of nitrogens with two attached hydrogens (primary N) is 5. The van der Waals surface area contributed by atoms with Gasteiger partial charge in [-0.05, 0) is 133 Å². The van der Waals surface area contributed by atoms with E-state index in [2.05, 4.69) is 86.7 Å². The predicted octanol–water partition coefficient (Wildman–Crippen LogP) is -3.13. The lowest BCUT2D eigenvalue weighted by Gasteiger charge is -2.33. The highest BCUT2D eigenvalue weighted by atomic mass is 32.1. The summed E-state index contributed by atoms with van der Waals surface area (Å²) in [6.45, 7) is 12.1. The average Bonchev–Trinajstić information content (AvgIpc) is 0.834. The Morgan fingerprint density at radius 3 is 1.43 bits per heavy atom. The number of rotatable bonds is 50. The number of hydrogen-bond donors (Lipinski definition) is 22. The lowest BCUT2D eigenvalue weighted by molar-refractivity contribution is -0.138. The summed E-state index contributed by atoms with van der Waals surface area (Å²) in [5, 5.41) is 46.2. The van der Waals surface area contributed by atoms with Crippen LogP contribution in [0, 0.1) is 0 Å². The summed E-state index contributed by atoms with van der Waals surface area (Å²) < 4.78 is 2.55. The number of hydrogen-bond acceptors (Lipinski definition) is 22. The van der Waals surface area contributed by atoms with Gasteiger partial charge in [-0.1, -0.05) is 72.8 Å². The van der Waals surface area contributed by atoms with Crippen LogP contribution in [0.25, 0.3) is 21.7 Å². The molecule has 39 nitrogen and oxygen atoms in total. The van der Waals surface area contributed by atoms with Crippen LogP contribution in [0.4, 0.5) is 0 Å². The van der Waals surface area contributed by atoms with Crippen molar-refractivity contribution in [3.63, 3.8) is 0 Å². The Bertz CT molecular complexity index is 4640. The molecule has 5 rings (SSSR count). The van der Waals surface area contributed by atoms with Crippen LogP contribution >= 0.6 is 25.3 Å². The summed E-state index contributed by atoms with van der Waals surface area (Å²) in [6, 6.07) is 7.12. The van der Waals surface area contributed by atoms with Crippen molar-refractivity contribution in [2.75, 3.05) is 13.7 Å². The Labute approximate surface area is 715 Å². The van der Waals surface area contributed by atoms with Gasteiger partial charge >= 0.3 is 0 Å². The van der Waals surface area contributed by atoms with Crippen molar-refractivity contribution in [1.82, 2.24) is 74.1 Å². The van der Waals surface area contributed by atoms with Crippen molar-refractivity contribution in [3.8, 4) is 5.75 Å². The molecule has 4 aromatic carbocycles. The molecule has 0 fully saturated rings. The Morgan fingerprint density at radius 1 is 0.443 bits per heavy atom. The van der Waals surface area contributed by atoms with Gasteiger partial charge < -0.3 is 113 Å². The zero-order valence-corrected chi connectivity index (χ0v) is 71.3. The highest BCUT2D eigenvalue weighted by Crippen LogP contribution is 2.25. The number of nitrogens with one attached hydrogen (secondary N) is 14. The van der Waals surface area contributed by atoms with Gasteiger partial charge in [0.25, 0.3) is 0 Å². The minimum atomic E-state index is -2.02. The van der Waals surface area contributed by atoms with Crippen molar-refractivity contribution < 1.29 is 96.1 Å². The quantitative estimate of drug-likeness (QED) is 0.0135. The van der Waals surface area contributed by atoms with E-state index in [0.29, 0.717) is 33.3 Å². The van der Waals surface area contributed by atoms with E-state index in [9.17, 15) is 67.4 Å². The van der Waals surface area contributed by atoms with Gasteiger partial charge in [0.2, 0.25) is 106 Å². The number of ether oxygens (including phenoxy) is 1. The molecule has 5 aromatic rings. The number of benzene rings is 4. The van der Waals surface area contributed by atoms with Crippen molar-refractivity contribution in [2.45, 2.75) is 233 Å². The van der Waals surface area contributed by atoms with Crippen LogP contribution in [0.1, 0.15) is 143 Å². The maximum atomic E-state index is 15.4. The number of fused-ring (bicyclic) bond motifs is 2. The number of aromatic amines is 1. The van der Waals surface area contributed by atoms with Gasteiger partial charge in [0.15, 0.2) is 0 Å². The standard InChI is InChI=1S/C81H113N19O20S2/c1-41(101)64(98-69(110)54(29-32-61(83)105)92-76(117)65(80(6,7)121)89-43(3)103)75(116)95-58(38-48-40-88-51-20-14-13-19-50(48)51)72(113)91-55(30-33-62(84)106)70(111)99-66(81(8,9)122)77(118)96-56(36-44-23-26-49(120-10)27-24-44)71(112)93-57(37-45-22-25-46-17-11-12-18-47(46)35-45)74(115)100-79(4,5)78(119)97-53(21-15-16-34-87-42(2)102)68(109)94-59(39-63(85)107)73(114)90-52(67(86)108)28-31-60(82)104/h11-14,17-20,22-27,35,40-41,52-59,64-66,88,101,121-122H,15-16,21,28-34,36-39H2,1-10H3,(H2,82,104)(H2,83,105)(H2,84,106)(H2,85,107)(H2,86,108)(H,87,102)(H,89,103)(H,90,114)(H,91,113)(H,92,117)(H,93,112)(H,94,109)(H,95,116)(H,96,118)(H,97,119)(H,98,110)(H,99,111)(H,100,115)/t41-,52+,53+,54+,55+,56+,57+,58+,59+,64+,65-,66-/m1/s1. The van der Waals surface area contributed by atoms with Crippen LogP contribution < -0.4 is 103 Å². The van der Waals surface area contributed by atoms with Gasteiger partial charge in [0, 0.05) is 85.5 Å². The largest absolute Gasteiger partial charge is 0.497 e. The first-order valence-corrected chi connectivity index (χ1v) is 40.1. The van der Waals surface area contributed by atoms with Crippen LogP contribution in [0.5, 0.6) is 5.75 Å². The molecular formula is C81H113N19O20S2. The number of aliphatic hydroxyl groups excluding tert-OH is 1. The third-order valence-electron chi connectivity index (χ3n) is 19.4. The van der Waals surface area contributed by atoms with Crippen LogP contribution in [0.3, 0.4) is 0 Å². The first-order chi connectivity index (χ1) is 57.1. The molecule has 1 heterocycles. The Kier molecular flexibility index (Phi) is 38.1. The number of para-hydroxylation sites is 1. The lowest BCUT2D eigenvalue weighted by atomic mass is 9.97. The van der Waals surface area contributed by atoms with Gasteiger partial charge in [-0.25, -0.2) is 0 Å². The van der Waals surface area contributed by atoms with Gasteiger partial charge in [0.1, 0.15) is 77.7 Å². The van der Waals surface area contributed by atoms with Gasteiger partial charge in [0.05, 0.1) is 19.6 Å². The second-order valence-electron chi connectivity index (χ2n) is 31.2. The molecular weight excluding hydrogens is 1620 g/mol. The third-order valence-corrected chi connectivity index (χ3v) is 19.9. The smallest absolute Gasteiger partial charge is 0.245 e. The average molecular weight is 1740 g/mol. The highest BCUT2D eigenvalue weighted by Gasteiger charge is 2.43. The molecule has 0 aliphatic heterocycles. The number of primary amides is 5. The minimum Gasteiger partial charge on any atom is -0.497 e. The Morgan fingerprint density at radius 2 is 0.885 bits per heavy atom. The zero-order valence-electron chi connectivity index (χ0n) is 69.6. The molecule has 12 atom stereocenters. The van der Waals surface area contributed by atoms with E-state index >= 15 is 24.0 Å². The summed E-state index contributed by atoms with van der Waals surface area (Å²) in [5.74, 6) is -17.3. The maximum Gasteiger partial charge on any atom is 0.245 e. The first-order valence-electron chi connectivity index (χ1n) is 39.2. The number of amides is 18. The van der Waals surface area contributed by atoms with Gasteiger partial charge in [-0.3, -0.25) is 86.3 Å². The molecule has 41 heteroatoms. The molecule has 1 aromatic heterocycles. The van der Waals surface area contributed by atoms with Gasteiger partial charge in [-0.2, -0.15) is 25.3 Å². The summed E-state index contributed by atoms with van der Waals surface area (Å²) in [6.07, 6.45) is -4.67. The van der Waals surface area contributed by atoms with E-state index in [1.54, 1.807) is 84.9 Å². The highest BCUT2D eigenvalue weighted by molar-refractivity contribution is 7.82. The van der Waals surface area contributed by atoms with Crippen LogP contribution in [0.15, 0.2) is 97.2 Å². The molecule has 0 bridgehead atoms. The van der Waals surface area contributed by atoms with Crippen molar-refractivity contribution in [3.05, 3.63) is 114 Å². The van der Waals surface area contributed by atoms with E-state index in [1.807, 2.05) is 6.07 Å². The third kappa shape index (κ3) is 32.6. The minimum absolute atomic E-state index is 0.133. The molecule has 0 saturated heterocycles. The maximum absolute atomic E-state index is 15.4. The van der Waals surface area contributed by atoms with E-state index in [4.69, 9.17) is 46.0 Å². The fraction of sp³-hybridized carbons (Fsp3) is 0.481. The normalized spacial score (nSPS) is 14.4. The Hall–Kier alpha value is -12.4. The van der Waals surface area contributed by atoms with Crippen LogP contribution in [0.2, 0.25) is 0 Å². The number of carbonyl (C=O) groups excluding carboxylic acids is 18. The first kappa shape index (κ1) is 100.